The van der Waals surface area contributed by atoms with E-state index in [2.05, 4.69) is 6.58 Å². The van der Waals surface area contributed by atoms with Gasteiger partial charge in [-0.2, -0.15) is 13.2 Å². The van der Waals surface area contributed by atoms with E-state index in [4.69, 9.17) is 4.74 Å². The normalized spacial score (nSPS) is 12.8. The topological polar surface area (TPSA) is 26.3 Å². The highest BCUT2D eigenvalue weighted by molar-refractivity contribution is 5.73. The Kier molecular flexibility index (Phi) is 5.80. The van der Waals surface area contributed by atoms with Gasteiger partial charge in [0.2, 0.25) is 0 Å². The first kappa shape index (κ1) is 16.3. The average Bonchev–Trinajstić information content (AvgIpc) is 2.38. The number of rotatable bonds is 6. The average molecular weight is 286 g/mol. The van der Waals surface area contributed by atoms with Gasteiger partial charge >= 0.3 is 12.1 Å². The second-order valence-electron chi connectivity index (χ2n) is 4.38. The highest BCUT2D eigenvalue weighted by Crippen LogP contribution is 2.30. The molecule has 0 aliphatic rings. The highest BCUT2D eigenvalue weighted by atomic mass is 19.4. The van der Waals surface area contributed by atoms with Crippen LogP contribution < -0.4 is 0 Å². The highest BCUT2D eigenvalue weighted by Gasteiger charge is 2.30. The van der Waals surface area contributed by atoms with E-state index in [-0.39, 0.29) is 13.0 Å². The lowest BCUT2D eigenvalue weighted by Gasteiger charge is -2.15. The third-order valence-electron chi connectivity index (χ3n) is 2.81. The van der Waals surface area contributed by atoms with Crippen molar-refractivity contribution in [3.05, 3.63) is 48.0 Å². The molecule has 0 aliphatic carbocycles. The summed E-state index contributed by atoms with van der Waals surface area (Å²) in [6.07, 6.45) is -2.24. The first-order chi connectivity index (χ1) is 9.38. The van der Waals surface area contributed by atoms with Crippen LogP contribution in [0, 0.1) is 5.92 Å². The second-order valence-corrected chi connectivity index (χ2v) is 4.38. The van der Waals surface area contributed by atoms with E-state index in [1.165, 1.54) is 6.07 Å². The van der Waals surface area contributed by atoms with Crippen LogP contribution in [0.1, 0.15) is 24.5 Å². The Morgan fingerprint density at radius 2 is 2.15 bits per heavy atom. The van der Waals surface area contributed by atoms with Crippen molar-refractivity contribution in [1.82, 2.24) is 0 Å². The number of carbonyl (C=O) groups excluding carboxylic acids is 1. The Hall–Kier alpha value is -1.78. The maximum absolute atomic E-state index is 12.6. The molecular weight excluding hydrogens is 269 g/mol. The first-order valence-electron chi connectivity index (χ1n) is 6.32. The monoisotopic (exact) mass is 286 g/mol. The van der Waals surface area contributed by atoms with Gasteiger partial charge in [0.15, 0.2) is 0 Å². The molecule has 1 aromatic carbocycles. The van der Waals surface area contributed by atoms with Gasteiger partial charge in [0.05, 0.1) is 18.1 Å². The first-order valence-corrected chi connectivity index (χ1v) is 6.32. The number of hydrogen-bond acceptors (Lipinski definition) is 2. The van der Waals surface area contributed by atoms with Crippen LogP contribution in [0.3, 0.4) is 0 Å². The summed E-state index contributed by atoms with van der Waals surface area (Å²) in [4.78, 5) is 11.7. The number of halogens is 3. The summed E-state index contributed by atoms with van der Waals surface area (Å²) in [5.74, 6) is -0.916. The predicted octanol–water partition coefficient (Wildman–Crippen LogP) is 4.00. The minimum absolute atomic E-state index is 0.203. The smallest absolute Gasteiger partial charge is 0.416 e. The van der Waals surface area contributed by atoms with E-state index in [1.54, 1.807) is 19.1 Å². The van der Waals surface area contributed by atoms with Crippen LogP contribution >= 0.6 is 0 Å². The number of hydrogen-bond donors (Lipinski definition) is 0. The zero-order valence-electron chi connectivity index (χ0n) is 11.2. The van der Waals surface area contributed by atoms with Crippen molar-refractivity contribution < 1.29 is 22.7 Å². The van der Waals surface area contributed by atoms with Gasteiger partial charge in [-0.1, -0.05) is 24.3 Å². The molecule has 0 spiro atoms. The van der Waals surface area contributed by atoms with Gasteiger partial charge in [-0.05, 0) is 31.4 Å². The molecule has 0 aliphatic heterocycles. The molecule has 0 bridgehead atoms. The van der Waals surface area contributed by atoms with Gasteiger partial charge in [0, 0.05) is 0 Å². The third kappa shape index (κ3) is 4.72. The molecule has 1 rings (SSSR count). The maximum atomic E-state index is 12.6. The molecule has 0 saturated heterocycles. The van der Waals surface area contributed by atoms with Crippen LogP contribution in [0.5, 0.6) is 0 Å². The summed E-state index contributed by atoms with van der Waals surface area (Å²) < 4.78 is 42.8. The lowest BCUT2D eigenvalue weighted by Crippen LogP contribution is -2.20. The number of carbonyl (C=O) groups is 1. The molecule has 0 saturated carbocycles. The molecule has 0 amide bonds. The SMILES string of the molecule is C=CC[C@@H](Cc1cccc(C(F)(F)F)c1)C(=O)OCC. The number of alkyl halides is 3. The molecule has 1 atom stereocenters. The molecule has 2 nitrogen and oxygen atoms in total. The Balaban J connectivity index is 2.88. The molecule has 110 valence electrons. The van der Waals surface area contributed by atoms with Gasteiger partial charge < -0.3 is 4.74 Å². The summed E-state index contributed by atoms with van der Waals surface area (Å²) in [7, 11) is 0. The van der Waals surface area contributed by atoms with Gasteiger partial charge in [0.1, 0.15) is 0 Å². The van der Waals surface area contributed by atoms with Crippen LogP contribution in [-0.4, -0.2) is 12.6 Å². The van der Waals surface area contributed by atoms with E-state index in [9.17, 15) is 18.0 Å². The predicted molar refractivity (Wildman–Crippen MR) is 70.1 cm³/mol. The third-order valence-corrected chi connectivity index (χ3v) is 2.81. The van der Waals surface area contributed by atoms with Crippen LogP contribution in [0.2, 0.25) is 0 Å². The molecule has 1 aromatic rings. The summed E-state index contributed by atoms with van der Waals surface area (Å²) in [5.41, 5.74) is -0.254. The number of esters is 1. The Labute approximate surface area is 116 Å². The minimum Gasteiger partial charge on any atom is -0.466 e. The fraction of sp³-hybridized carbons (Fsp3) is 0.400. The number of benzene rings is 1. The van der Waals surface area contributed by atoms with Crippen molar-refractivity contribution in [3.8, 4) is 0 Å². The van der Waals surface area contributed by atoms with E-state index in [0.717, 1.165) is 12.1 Å². The molecule has 0 radical (unpaired) electrons. The van der Waals surface area contributed by atoms with Gasteiger partial charge in [-0.15, -0.1) is 6.58 Å². The number of ether oxygens (including phenoxy) is 1. The molecule has 0 fully saturated rings. The van der Waals surface area contributed by atoms with Crippen molar-refractivity contribution in [3.63, 3.8) is 0 Å². The molecule has 0 aromatic heterocycles. The Bertz CT molecular complexity index is 466. The zero-order valence-corrected chi connectivity index (χ0v) is 11.2. The summed E-state index contributed by atoms with van der Waals surface area (Å²) in [5, 5.41) is 0. The largest absolute Gasteiger partial charge is 0.466 e. The second kappa shape index (κ2) is 7.12. The lowest BCUT2D eigenvalue weighted by molar-refractivity contribution is -0.147. The van der Waals surface area contributed by atoms with Crippen LogP contribution in [0.4, 0.5) is 13.2 Å². The van der Waals surface area contributed by atoms with Crippen molar-refractivity contribution >= 4 is 5.97 Å². The van der Waals surface area contributed by atoms with Crippen molar-refractivity contribution in [2.75, 3.05) is 6.61 Å². The Morgan fingerprint density at radius 1 is 1.45 bits per heavy atom. The lowest BCUT2D eigenvalue weighted by atomic mass is 9.95. The van der Waals surface area contributed by atoms with Crippen LogP contribution in [0.25, 0.3) is 0 Å². The maximum Gasteiger partial charge on any atom is 0.416 e. The Morgan fingerprint density at radius 3 is 2.70 bits per heavy atom. The van der Waals surface area contributed by atoms with Crippen molar-refractivity contribution in [2.24, 2.45) is 5.92 Å². The quantitative estimate of drug-likeness (QED) is 0.583. The van der Waals surface area contributed by atoms with Crippen LogP contribution in [0.15, 0.2) is 36.9 Å². The van der Waals surface area contributed by atoms with Crippen molar-refractivity contribution in [2.45, 2.75) is 25.9 Å². The van der Waals surface area contributed by atoms with Crippen LogP contribution in [-0.2, 0) is 22.1 Å². The fourth-order valence-corrected chi connectivity index (χ4v) is 1.88. The standard InChI is InChI=1S/C15H17F3O2/c1-3-6-12(14(19)20-4-2)9-11-7-5-8-13(10-11)15(16,17)18/h3,5,7-8,10,12H,1,4,6,9H2,2H3/t12-/m0/s1. The molecule has 0 unspecified atom stereocenters. The van der Waals surface area contributed by atoms with E-state index in [0.29, 0.717) is 12.0 Å². The van der Waals surface area contributed by atoms with Gasteiger partial charge in [-0.25, -0.2) is 0 Å². The summed E-state index contributed by atoms with van der Waals surface area (Å²) >= 11 is 0. The van der Waals surface area contributed by atoms with E-state index >= 15 is 0 Å². The minimum atomic E-state index is -4.38. The van der Waals surface area contributed by atoms with Crippen molar-refractivity contribution in [1.29, 1.82) is 0 Å². The van der Waals surface area contributed by atoms with Gasteiger partial charge in [0.25, 0.3) is 0 Å². The molecule has 0 heterocycles. The fourth-order valence-electron chi connectivity index (χ4n) is 1.88. The zero-order chi connectivity index (χ0) is 15.2. The molecular formula is C15H17F3O2. The summed E-state index contributed by atoms with van der Waals surface area (Å²) in [6.45, 7) is 5.49. The molecule has 0 N–H and O–H groups in total. The molecule has 5 heteroatoms. The number of allylic oxidation sites excluding steroid dienone is 1. The van der Waals surface area contributed by atoms with E-state index in [1.807, 2.05) is 0 Å². The van der Waals surface area contributed by atoms with E-state index < -0.39 is 23.6 Å². The molecule has 20 heavy (non-hydrogen) atoms. The summed E-state index contributed by atoms with van der Waals surface area (Å²) in [6, 6.07) is 4.99. The van der Waals surface area contributed by atoms with Gasteiger partial charge in [-0.3, -0.25) is 4.79 Å².